The Morgan fingerprint density at radius 3 is 2.40 bits per heavy atom. The number of aryl methyl sites for hydroxylation is 3. The van der Waals surface area contributed by atoms with Crippen LogP contribution in [-0.2, 0) is 35.6 Å². The van der Waals surface area contributed by atoms with Crippen LogP contribution in [0.5, 0.6) is 0 Å². The third-order valence-corrected chi connectivity index (χ3v) is 10.3. The number of nitrogens with zero attached hydrogens (tertiary/aromatic N) is 6. The molecule has 0 spiro atoms. The molecule has 9 nitrogen and oxygen atoms in total. The van der Waals surface area contributed by atoms with Gasteiger partial charge in [-0.2, -0.15) is 0 Å². The van der Waals surface area contributed by atoms with Gasteiger partial charge in [0.2, 0.25) is 0 Å². The second-order valence-electron chi connectivity index (χ2n) is 15.9. The number of rotatable bonds is 9. The smallest absolute Gasteiger partial charge is 0.337 e. The highest BCUT2D eigenvalue weighted by atomic mass is 19.1. The van der Waals surface area contributed by atoms with Crippen molar-refractivity contribution in [2.75, 3.05) is 24.5 Å². The summed E-state index contributed by atoms with van der Waals surface area (Å²) < 4.78 is 22.1. The summed E-state index contributed by atoms with van der Waals surface area (Å²) in [4.78, 5) is 23.1. The van der Waals surface area contributed by atoms with Gasteiger partial charge in [0.05, 0.1) is 23.5 Å². The summed E-state index contributed by atoms with van der Waals surface area (Å²) in [5, 5.41) is 19.1. The molecular weight excluding hydrogens is 631 g/mol. The van der Waals surface area contributed by atoms with Crippen molar-refractivity contribution < 1.29 is 19.0 Å². The summed E-state index contributed by atoms with van der Waals surface area (Å²) in [7, 11) is 0. The van der Waals surface area contributed by atoms with Crippen LogP contribution < -0.4 is 4.90 Å². The van der Waals surface area contributed by atoms with Gasteiger partial charge in [0, 0.05) is 49.5 Å². The molecule has 0 aliphatic carbocycles. The maximum absolute atomic E-state index is 13.8. The maximum atomic E-state index is 13.8. The van der Waals surface area contributed by atoms with Gasteiger partial charge in [-0.1, -0.05) is 38.1 Å². The maximum Gasteiger partial charge on any atom is 0.337 e. The van der Waals surface area contributed by atoms with Crippen molar-refractivity contribution in [2.45, 2.75) is 106 Å². The SMILES string of the molecule is Cc1cc(F)ccc1CN1CCc2cc(-c3c(Cn4cnnc4C)nc(C)c(C(OC(C)(C)C)C(=O)O)c3N3CCC(C)(C)CC3)ccc2C1. The molecule has 50 heavy (non-hydrogen) atoms. The highest BCUT2D eigenvalue weighted by Gasteiger charge is 2.37. The van der Waals surface area contributed by atoms with E-state index in [1.54, 1.807) is 12.4 Å². The van der Waals surface area contributed by atoms with Crippen molar-refractivity contribution >= 4 is 11.7 Å². The van der Waals surface area contributed by atoms with Gasteiger partial charge in [-0.25, -0.2) is 9.18 Å². The van der Waals surface area contributed by atoms with Gasteiger partial charge in [0.15, 0.2) is 6.10 Å². The number of aromatic nitrogens is 4. The number of halogens is 1. The molecule has 4 heterocycles. The summed E-state index contributed by atoms with van der Waals surface area (Å²) in [5.74, 6) is -0.455. The lowest BCUT2D eigenvalue weighted by atomic mass is 9.81. The average Bonchev–Trinajstić information content (AvgIpc) is 3.44. The van der Waals surface area contributed by atoms with Gasteiger partial charge < -0.3 is 19.3 Å². The van der Waals surface area contributed by atoms with E-state index in [1.165, 1.54) is 17.2 Å². The van der Waals surface area contributed by atoms with Gasteiger partial charge in [-0.15, -0.1) is 10.2 Å². The van der Waals surface area contributed by atoms with Crippen LogP contribution in [0.25, 0.3) is 11.1 Å². The number of benzene rings is 2. The lowest BCUT2D eigenvalue weighted by molar-refractivity contribution is -0.160. The predicted octanol–water partition coefficient (Wildman–Crippen LogP) is 7.58. The topological polar surface area (TPSA) is 96.6 Å². The first-order valence-corrected chi connectivity index (χ1v) is 17.7. The number of fused-ring (bicyclic) bond motifs is 1. The fourth-order valence-electron chi connectivity index (χ4n) is 7.35. The number of hydrogen-bond acceptors (Lipinski definition) is 7. The molecule has 2 aliphatic rings. The van der Waals surface area contributed by atoms with Gasteiger partial charge in [0.25, 0.3) is 0 Å². The summed E-state index contributed by atoms with van der Waals surface area (Å²) in [6.45, 7) is 20.6. The quantitative estimate of drug-likeness (QED) is 0.193. The number of anilines is 1. The van der Waals surface area contributed by atoms with Crippen molar-refractivity contribution in [1.82, 2.24) is 24.6 Å². The van der Waals surface area contributed by atoms with E-state index in [1.807, 2.05) is 52.2 Å². The third kappa shape index (κ3) is 7.76. The molecule has 266 valence electrons. The van der Waals surface area contributed by atoms with Crippen LogP contribution in [0.1, 0.15) is 98.6 Å². The number of carboxylic acids is 1. The molecule has 1 unspecified atom stereocenters. The van der Waals surface area contributed by atoms with E-state index in [0.717, 1.165) is 91.4 Å². The van der Waals surface area contributed by atoms with Crippen LogP contribution in [0.2, 0.25) is 0 Å². The first-order chi connectivity index (χ1) is 23.6. The first-order valence-electron chi connectivity index (χ1n) is 17.7. The number of piperidine rings is 1. The van der Waals surface area contributed by atoms with E-state index in [-0.39, 0.29) is 11.2 Å². The van der Waals surface area contributed by atoms with Crippen molar-refractivity contribution in [3.63, 3.8) is 0 Å². The summed E-state index contributed by atoms with van der Waals surface area (Å²) in [6.07, 6.45) is 3.36. The molecule has 0 bridgehead atoms. The van der Waals surface area contributed by atoms with Crippen LogP contribution in [0.3, 0.4) is 0 Å². The Hall–Kier alpha value is -4.15. The first kappa shape index (κ1) is 35.7. The molecule has 10 heteroatoms. The van der Waals surface area contributed by atoms with E-state index >= 15 is 0 Å². The van der Waals surface area contributed by atoms with Gasteiger partial charge in [-0.3, -0.25) is 9.88 Å². The van der Waals surface area contributed by atoms with Crippen LogP contribution in [0.15, 0.2) is 42.7 Å². The lowest BCUT2D eigenvalue weighted by Gasteiger charge is -2.41. The van der Waals surface area contributed by atoms with Crippen LogP contribution >= 0.6 is 0 Å². The third-order valence-electron chi connectivity index (χ3n) is 10.3. The zero-order valence-electron chi connectivity index (χ0n) is 30.8. The molecule has 1 fully saturated rings. The normalized spacial score (nSPS) is 17.1. The molecule has 6 rings (SSSR count). The van der Waals surface area contributed by atoms with Gasteiger partial charge >= 0.3 is 5.97 Å². The Bertz CT molecular complexity index is 1880. The highest BCUT2D eigenvalue weighted by Crippen LogP contribution is 2.46. The number of pyridine rings is 1. The summed E-state index contributed by atoms with van der Waals surface area (Å²) >= 11 is 0. The molecule has 0 radical (unpaired) electrons. The molecule has 1 atom stereocenters. The molecule has 1 N–H and O–H groups in total. The van der Waals surface area contributed by atoms with Crippen LogP contribution in [-0.4, -0.2) is 61.0 Å². The molecule has 2 aromatic heterocycles. The van der Waals surface area contributed by atoms with Crippen LogP contribution in [0, 0.1) is 32.0 Å². The monoisotopic (exact) mass is 682 g/mol. The largest absolute Gasteiger partial charge is 0.479 e. The Morgan fingerprint density at radius 1 is 1.02 bits per heavy atom. The number of hydrogen-bond donors (Lipinski definition) is 1. The van der Waals surface area contributed by atoms with E-state index < -0.39 is 17.7 Å². The molecular formula is C40H51FN6O3. The number of carbonyl (C=O) groups is 1. The van der Waals surface area contributed by atoms with Gasteiger partial charge in [-0.05, 0) is 106 Å². The Balaban J connectivity index is 1.49. The summed E-state index contributed by atoms with van der Waals surface area (Å²) in [5.41, 5.74) is 9.10. The van der Waals surface area contributed by atoms with Crippen LogP contribution in [0.4, 0.5) is 10.1 Å². The van der Waals surface area contributed by atoms with Crippen molar-refractivity contribution in [3.05, 3.63) is 93.6 Å². The molecule has 2 aliphatic heterocycles. The van der Waals surface area contributed by atoms with E-state index in [2.05, 4.69) is 52.0 Å². The van der Waals surface area contributed by atoms with E-state index in [0.29, 0.717) is 17.8 Å². The van der Waals surface area contributed by atoms with Crippen molar-refractivity contribution in [1.29, 1.82) is 0 Å². The highest BCUT2D eigenvalue weighted by molar-refractivity contribution is 5.88. The fraction of sp³-hybridized carbons (Fsp3) is 0.500. The average molecular weight is 683 g/mol. The Kier molecular flexibility index (Phi) is 9.89. The number of carboxylic acid groups (broad SMARTS) is 1. The second-order valence-corrected chi connectivity index (χ2v) is 15.9. The van der Waals surface area contributed by atoms with Crippen molar-refractivity contribution in [2.24, 2.45) is 5.41 Å². The molecule has 2 aromatic carbocycles. The molecule has 1 saturated heterocycles. The lowest BCUT2D eigenvalue weighted by Crippen LogP contribution is -2.39. The Labute approximate surface area is 295 Å². The minimum absolute atomic E-state index is 0.194. The van der Waals surface area contributed by atoms with Crippen molar-refractivity contribution in [3.8, 4) is 11.1 Å². The van der Waals surface area contributed by atoms with E-state index in [9.17, 15) is 14.3 Å². The second kappa shape index (κ2) is 13.9. The summed E-state index contributed by atoms with van der Waals surface area (Å²) in [6, 6.07) is 11.7. The number of ether oxygens (including phenoxy) is 1. The standard InChI is InChI=1S/C40H51FN6O3/c1-25-19-32(41)12-11-30(25)21-45-16-13-28-20-29(9-10-31(28)22-45)35-33(23-47-24-42-44-27(47)3)43-26(2)34(37(38(48)49)50-39(4,5)6)36(35)46-17-14-40(7,8)15-18-46/h9-12,19-20,24,37H,13-18,21-23H2,1-8H3,(H,48,49). The molecule has 4 aromatic rings. The van der Waals surface area contributed by atoms with E-state index in [4.69, 9.17) is 9.72 Å². The minimum Gasteiger partial charge on any atom is -0.479 e. The van der Waals surface area contributed by atoms with Gasteiger partial charge in [0.1, 0.15) is 18.0 Å². The zero-order valence-corrected chi connectivity index (χ0v) is 30.8. The fourth-order valence-corrected chi connectivity index (χ4v) is 7.35. The number of aliphatic carboxylic acids is 1. The molecule has 0 amide bonds. The Morgan fingerprint density at radius 2 is 1.76 bits per heavy atom. The minimum atomic E-state index is -1.20. The zero-order chi connectivity index (χ0) is 36.0. The molecule has 0 saturated carbocycles. The predicted molar refractivity (Wildman–Crippen MR) is 194 cm³/mol.